The van der Waals surface area contributed by atoms with E-state index in [9.17, 15) is 14.9 Å². The molecule has 6 nitrogen and oxygen atoms in total. The highest BCUT2D eigenvalue weighted by molar-refractivity contribution is 6.01. The molecule has 27 heavy (non-hydrogen) atoms. The van der Waals surface area contributed by atoms with Crippen molar-refractivity contribution >= 4 is 23.4 Å². The summed E-state index contributed by atoms with van der Waals surface area (Å²) in [4.78, 5) is 24.9. The number of likely N-dealkylation sites (tertiary alicyclic amines) is 1. The maximum Gasteiger partial charge on any atom is 0.270 e. The zero-order valence-corrected chi connectivity index (χ0v) is 15.1. The third-order valence-electron chi connectivity index (χ3n) is 4.65. The SMILES string of the molecule is O=C(C=Cc1cccc([N+](=O)[O-])c1)Nc1ccc(CCN2CCCC2)cc1. The van der Waals surface area contributed by atoms with Crippen LogP contribution in [0.3, 0.4) is 0 Å². The van der Waals surface area contributed by atoms with Crippen LogP contribution in [0.15, 0.2) is 54.6 Å². The Labute approximate surface area is 158 Å². The molecular weight excluding hydrogens is 342 g/mol. The summed E-state index contributed by atoms with van der Waals surface area (Å²) in [6, 6.07) is 14.0. The summed E-state index contributed by atoms with van der Waals surface area (Å²) < 4.78 is 0. The molecule has 1 amide bonds. The van der Waals surface area contributed by atoms with Gasteiger partial charge in [-0.05, 0) is 61.7 Å². The summed E-state index contributed by atoms with van der Waals surface area (Å²) >= 11 is 0. The number of nitrogens with zero attached hydrogens (tertiary/aromatic N) is 2. The van der Waals surface area contributed by atoms with E-state index in [4.69, 9.17) is 0 Å². The van der Waals surface area contributed by atoms with Gasteiger partial charge in [0.05, 0.1) is 4.92 Å². The van der Waals surface area contributed by atoms with Crippen LogP contribution in [0.5, 0.6) is 0 Å². The number of non-ortho nitro benzene ring substituents is 1. The maximum absolute atomic E-state index is 12.1. The highest BCUT2D eigenvalue weighted by Gasteiger charge is 2.10. The van der Waals surface area contributed by atoms with E-state index in [1.807, 2.05) is 24.3 Å². The number of rotatable bonds is 7. The minimum atomic E-state index is -0.456. The molecule has 0 unspecified atom stereocenters. The van der Waals surface area contributed by atoms with E-state index >= 15 is 0 Å². The lowest BCUT2D eigenvalue weighted by Gasteiger charge is -2.14. The number of anilines is 1. The van der Waals surface area contributed by atoms with Gasteiger partial charge in [0.1, 0.15) is 0 Å². The minimum absolute atomic E-state index is 0.00192. The van der Waals surface area contributed by atoms with Gasteiger partial charge < -0.3 is 10.2 Å². The van der Waals surface area contributed by atoms with Crippen LogP contribution < -0.4 is 5.32 Å². The topological polar surface area (TPSA) is 75.5 Å². The minimum Gasteiger partial charge on any atom is -0.323 e. The number of hydrogen-bond donors (Lipinski definition) is 1. The van der Waals surface area contributed by atoms with Crippen molar-refractivity contribution in [3.63, 3.8) is 0 Å². The number of carbonyl (C=O) groups is 1. The van der Waals surface area contributed by atoms with Crippen molar-refractivity contribution in [3.8, 4) is 0 Å². The molecule has 1 N–H and O–H groups in total. The van der Waals surface area contributed by atoms with Crippen molar-refractivity contribution in [3.05, 3.63) is 75.8 Å². The van der Waals surface area contributed by atoms with Crippen molar-refractivity contribution < 1.29 is 9.72 Å². The molecule has 140 valence electrons. The highest BCUT2D eigenvalue weighted by Crippen LogP contribution is 2.15. The van der Waals surface area contributed by atoms with Crippen LogP contribution in [-0.2, 0) is 11.2 Å². The Kier molecular flexibility index (Phi) is 6.33. The van der Waals surface area contributed by atoms with E-state index in [-0.39, 0.29) is 11.6 Å². The van der Waals surface area contributed by atoms with Gasteiger partial charge in [0.15, 0.2) is 0 Å². The molecule has 2 aromatic rings. The summed E-state index contributed by atoms with van der Waals surface area (Å²) in [7, 11) is 0. The number of nitro benzene ring substituents is 1. The number of nitrogens with one attached hydrogen (secondary N) is 1. The number of amides is 1. The van der Waals surface area contributed by atoms with E-state index in [1.165, 1.54) is 49.7 Å². The van der Waals surface area contributed by atoms with Crippen molar-refractivity contribution in [2.24, 2.45) is 0 Å². The fourth-order valence-electron chi connectivity index (χ4n) is 3.15. The molecule has 3 rings (SSSR count). The second kappa shape index (κ2) is 9.09. The average Bonchev–Trinajstić information content (AvgIpc) is 3.20. The normalized spacial score (nSPS) is 14.5. The third kappa shape index (κ3) is 5.76. The van der Waals surface area contributed by atoms with Gasteiger partial charge in [-0.15, -0.1) is 0 Å². The first-order chi connectivity index (χ1) is 13.1. The molecule has 2 aromatic carbocycles. The van der Waals surface area contributed by atoms with E-state index in [1.54, 1.807) is 18.2 Å². The number of carbonyl (C=O) groups excluding carboxylic acids is 1. The van der Waals surface area contributed by atoms with Crippen molar-refractivity contribution in [2.75, 3.05) is 25.0 Å². The van der Waals surface area contributed by atoms with Gasteiger partial charge in [-0.25, -0.2) is 0 Å². The van der Waals surface area contributed by atoms with Crippen molar-refractivity contribution in [1.29, 1.82) is 0 Å². The zero-order chi connectivity index (χ0) is 19.1. The fourth-order valence-corrected chi connectivity index (χ4v) is 3.15. The second-order valence-electron chi connectivity index (χ2n) is 6.67. The van der Waals surface area contributed by atoms with Gasteiger partial charge >= 0.3 is 0 Å². The molecule has 0 saturated carbocycles. The lowest BCUT2D eigenvalue weighted by molar-refractivity contribution is -0.384. The molecule has 1 saturated heterocycles. The first-order valence-corrected chi connectivity index (χ1v) is 9.15. The Morgan fingerprint density at radius 3 is 2.59 bits per heavy atom. The Bertz CT molecular complexity index is 825. The molecule has 0 aromatic heterocycles. The third-order valence-corrected chi connectivity index (χ3v) is 4.65. The van der Waals surface area contributed by atoms with Crippen molar-refractivity contribution in [1.82, 2.24) is 4.90 Å². The average molecular weight is 365 g/mol. The van der Waals surface area contributed by atoms with Crippen LogP contribution in [0.1, 0.15) is 24.0 Å². The van der Waals surface area contributed by atoms with Gasteiger partial charge in [0.25, 0.3) is 5.69 Å². The summed E-state index contributed by atoms with van der Waals surface area (Å²) in [6.45, 7) is 3.48. The molecule has 1 fully saturated rings. The molecule has 6 heteroatoms. The van der Waals surface area contributed by atoms with Crippen LogP contribution in [-0.4, -0.2) is 35.4 Å². The highest BCUT2D eigenvalue weighted by atomic mass is 16.6. The molecule has 0 radical (unpaired) electrons. The Morgan fingerprint density at radius 1 is 1.15 bits per heavy atom. The molecule has 1 aliphatic rings. The van der Waals surface area contributed by atoms with Crippen molar-refractivity contribution in [2.45, 2.75) is 19.3 Å². The van der Waals surface area contributed by atoms with Crippen LogP contribution in [0, 0.1) is 10.1 Å². The van der Waals surface area contributed by atoms with Gasteiger partial charge in [0, 0.05) is 30.4 Å². The second-order valence-corrected chi connectivity index (χ2v) is 6.67. The van der Waals surface area contributed by atoms with Crippen LogP contribution in [0.4, 0.5) is 11.4 Å². The number of hydrogen-bond acceptors (Lipinski definition) is 4. The van der Waals surface area contributed by atoms with Crippen LogP contribution in [0.25, 0.3) is 6.08 Å². The quantitative estimate of drug-likeness (QED) is 0.459. The van der Waals surface area contributed by atoms with Gasteiger partial charge in [-0.2, -0.15) is 0 Å². The Balaban J connectivity index is 1.51. The summed E-state index contributed by atoms with van der Waals surface area (Å²) in [6.07, 6.45) is 6.55. The predicted octanol–water partition coefficient (Wildman–Crippen LogP) is 3.89. The first kappa shape index (κ1) is 18.8. The van der Waals surface area contributed by atoms with E-state index in [0.29, 0.717) is 5.56 Å². The lowest BCUT2D eigenvalue weighted by atomic mass is 10.1. The number of benzene rings is 2. The predicted molar refractivity (Wildman–Crippen MR) is 107 cm³/mol. The summed E-state index contributed by atoms with van der Waals surface area (Å²) in [5.41, 5.74) is 2.60. The van der Waals surface area contributed by atoms with Gasteiger partial charge in [-0.3, -0.25) is 14.9 Å². The van der Waals surface area contributed by atoms with E-state index in [0.717, 1.165) is 18.7 Å². The molecule has 0 spiro atoms. The monoisotopic (exact) mass is 365 g/mol. The molecule has 1 heterocycles. The maximum atomic E-state index is 12.1. The number of nitro groups is 1. The standard InChI is InChI=1S/C21H23N3O3/c25-21(11-8-18-4-3-5-20(16-18)24(26)27)22-19-9-6-17(7-10-19)12-15-23-13-1-2-14-23/h3-11,16H,1-2,12-15H2,(H,22,25). The van der Waals surface area contributed by atoms with Crippen LogP contribution in [0.2, 0.25) is 0 Å². The zero-order valence-electron chi connectivity index (χ0n) is 15.1. The van der Waals surface area contributed by atoms with Crippen LogP contribution >= 0.6 is 0 Å². The molecule has 1 aliphatic heterocycles. The van der Waals surface area contributed by atoms with Gasteiger partial charge in [0.2, 0.25) is 5.91 Å². The summed E-state index contributed by atoms with van der Waals surface area (Å²) in [5.74, 6) is -0.272. The molecular formula is C21H23N3O3. The smallest absolute Gasteiger partial charge is 0.270 e. The van der Waals surface area contributed by atoms with E-state index < -0.39 is 4.92 Å². The Morgan fingerprint density at radius 2 is 1.89 bits per heavy atom. The van der Waals surface area contributed by atoms with E-state index in [2.05, 4.69) is 10.2 Å². The lowest BCUT2D eigenvalue weighted by Crippen LogP contribution is -2.21. The van der Waals surface area contributed by atoms with Gasteiger partial charge in [-0.1, -0.05) is 24.3 Å². The fraction of sp³-hybridized carbons (Fsp3) is 0.286. The molecule has 0 bridgehead atoms. The first-order valence-electron chi connectivity index (χ1n) is 9.15. The largest absolute Gasteiger partial charge is 0.323 e. The summed E-state index contributed by atoms with van der Waals surface area (Å²) in [5, 5.41) is 13.6. The molecule has 0 atom stereocenters. The Hall–Kier alpha value is -2.99. The molecule has 0 aliphatic carbocycles.